The second-order valence-corrected chi connectivity index (χ2v) is 5.49. The fraction of sp³-hybridized carbons (Fsp3) is 0.571. The summed E-state index contributed by atoms with van der Waals surface area (Å²) in [6, 6.07) is 4.65. The molecule has 2 N–H and O–H groups in total. The number of likely N-dealkylation sites (N-methyl/N-ethyl adjacent to an activating group) is 1. The first-order valence-electron chi connectivity index (χ1n) is 6.45. The topological polar surface area (TPSA) is 32.5 Å². The van der Waals surface area contributed by atoms with Gasteiger partial charge in [-0.1, -0.05) is 17.7 Å². The number of nitrogens with zero attached hydrogens (tertiary/aromatic N) is 2. The number of hydrogen-bond acceptors (Lipinski definition) is 3. The average Bonchev–Trinajstić information content (AvgIpc) is 2.32. The van der Waals surface area contributed by atoms with Gasteiger partial charge in [0.1, 0.15) is 5.82 Å². The maximum atomic E-state index is 13.9. The van der Waals surface area contributed by atoms with E-state index in [1.807, 2.05) is 21.1 Å². The first-order chi connectivity index (χ1) is 8.95. The zero-order valence-corrected chi connectivity index (χ0v) is 12.6. The number of benzene rings is 1. The van der Waals surface area contributed by atoms with Crippen LogP contribution in [-0.4, -0.2) is 50.6 Å². The highest BCUT2D eigenvalue weighted by atomic mass is 35.5. The summed E-state index contributed by atoms with van der Waals surface area (Å²) in [5.74, 6) is -0.289. The lowest BCUT2D eigenvalue weighted by Gasteiger charge is -2.28. The van der Waals surface area contributed by atoms with Gasteiger partial charge < -0.3 is 10.6 Å². The molecule has 1 atom stereocenters. The minimum atomic E-state index is -0.289. The summed E-state index contributed by atoms with van der Waals surface area (Å²) in [5.41, 5.74) is 6.40. The molecular formula is C14H23ClFN3. The average molecular weight is 288 g/mol. The van der Waals surface area contributed by atoms with E-state index in [2.05, 4.69) is 9.80 Å². The molecule has 0 aliphatic carbocycles. The fourth-order valence-electron chi connectivity index (χ4n) is 2.11. The van der Waals surface area contributed by atoms with E-state index in [4.69, 9.17) is 17.3 Å². The molecule has 0 bridgehead atoms. The molecule has 0 fully saturated rings. The van der Waals surface area contributed by atoms with Crippen LogP contribution in [0.15, 0.2) is 18.2 Å². The van der Waals surface area contributed by atoms with E-state index in [0.717, 1.165) is 19.5 Å². The molecule has 0 amide bonds. The van der Waals surface area contributed by atoms with Gasteiger partial charge in [0.15, 0.2) is 0 Å². The Hall–Kier alpha value is -0.680. The summed E-state index contributed by atoms with van der Waals surface area (Å²) < 4.78 is 13.9. The maximum absolute atomic E-state index is 13.9. The zero-order chi connectivity index (χ0) is 14.4. The van der Waals surface area contributed by atoms with Crippen molar-refractivity contribution < 1.29 is 4.39 Å². The van der Waals surface area contributed by atoms with Crippen molar-refractivity contribution in [2.75, 3.05) is 40.8 Å². The minimum Gasteiger partial charge on any atom is -0.329 e. The van der Waals surface area contributed by atoms with Gasteiger partial charge in [0, 0.05) is 23.2 Å². The number of nitrogens with two attached hydrogens (primary N) is 1. The normalized spacial score (nSPS) is 13.3. The van der Waals surface area contributed by atoms with E-state index in [0.29, 0.717) is 17.1 Å². The van der Waals surface area contributed by atoms with Crippen LogP contribution < -0.4 is 5.73 Å². The summed E-state index contributed by atoms with van der Waals surface area (Å²) in [7, 11) is 6.06. The van der Waals surface area contributed by atoms with Gasteiger partial charge in [-0.15, -0.1) is 0 Å². The third kappa shape index (κ3) is 5.07. The second-order valence-electron chi connectivity index (χ2n) is 5.05. The van der Waals surface area contributed by atoms with Crippen LogP contribution in [-0.2, 0) is 0 Å². The molecule has 0 aliphatic heterocycles. The molecule has 1 aromatic carbocycles. The Balaban J connectivity index is 2.70. The minimum absolute atomic E-state index is 0.112. The van der Waals surface area contributed by atoms with Gasteiger partial charge in [0.2, 0.25) is 0 Å². The van der Waals surface area contributed by atoms with E-state index in [1.165, 1.54) is 6.07 Å². The third-order valence-electron chi connectivity index (χ3n) is 3.19. The molecule has 3 nitrogen and oxygen atoms in total. The van der Waals surface area contributed by atoms with Gasteiger partial charge in [0.25, 0.3) is 0 Å². The van der Waals surface area contributed by atoms with Crippen LogP contribution in [0.5, 0.6) is 0 Å². The molecule has 0 heterocycles. The van der Waals surface area contributed by atoms with E-state index < -0.39 is 0 Å². The molecule has 0 aromatic heterocycles. The molecule has 1 unspecified atom stereocenters. The van der Waals surface area contributed by atoms with Gasteiger partial charge in [-0.3, -0.25) is 4.90 Å². The number of rotatable bonds is 7. The van der Waals surface area contributed by atoms with Crippen molar-refractivity contribution in [3.8, 4) is 0 Å². The van der Waals surface area contributed by atoms with E-state index >= 15 is 0 Å². The molecule has 19 heavy (non-hydrogen) atoms. The predicted octanol–water partition coefficient (Wildman–Crippen LogP) is 2.36. The van der Waals surface area contributed by atoms with Crippen LogP contribution in [0.25, 0.3) is 0 Å². The Kier molecular flexibility index (Phi) is 6.72. The van der Waals surface area contributed by atoms with Crippen LogP contribution in [0, 0.1) is 5.82 Å². The van der Waals surface area contributed by atoms with Gasteiger partial charge in [-0.25, -0.2) is 4.39 Å². The third-order valence-corrected chi connectivity index (χ3v) is 3.43. The van der Waals surface area contributed by atoms with Crippen LogP contribution in [0.2, 0.25) is 5.02 Å². The van der Waals surface area contributed by atoms with Gasteiger partial charge >= 0.3 is 0 Å². The van der Waals surface area contributed by atoms with Gasteiger partial charge in [-0.05, 0) is 52.8 Å². The summed E-state index contributed by atoms with van der Waals surface area (Å²) in [6.45, 7) is 2.27. The molecule has 0 saturated heterocycles. The largest absolute Gasteiger partial charge is 0.329 e. The summed E-state index contributed by atoms with van der Waals surface area (Å²) in [4.78, 5) is 4.23. The highest BCUT2D eigenvalue weighted by Gasteiger charge is 2.18. The van der Waals surface area contributed by atoms with Crippen molar-refractivity contribution in [1.29, 1.82) is 0 Å². The van der Waals surface area contributed by atoms with Crippen molar-refractivity contribution in [1.82, 2.24) is 9.80 Å². The van der Waals surface area contributed by atoms with Crippen LogP contribution in [0.1, 0.15) is 18.0 Å². The van der Waals surface area contributed by atoms with E-state index in [-0.39, 0.29) is 11.9 Å². The van der Waals surface area contributed by atoms with Crippen molar-refractivity contribution in [2.45, 2.75) is 12.5 Å². The van der Waals surface area contributed by atoms with E-state index in [1.54, 1.807) is 12.1 Å². The molecule has 0 aliphatic rings. The lowest BCUT2D eigenvalue weighted by molar-refractivity contribution is 0.231. The number of hydrogen-bond donors (Lipinski definition) is 1. The molecule has 0 saturated carbocycles. The molecule has 1 rings (SSSR count). The zero-order valence-electron chi connectivity index (χ0n) is 11.9. The van der Waals surface area contributed by atoms with Crippen LogP contribution >= 0.6 is 11.6 Å². The maximum Gasteiger partial charge on any atom is 0.129 e. The predicted molar refractivity (Wildman–Crippen MR) is 79.0 cm³/mol. The summed E-state index contributed by atoms with van der Waals surface area (Å²) in [6.07, 6.45) is 1.02. The molecule has 0 spiro atoms. The lowest BCUT2D eigenvalue weighted by Crippen LogP contribution is -2.33. The van der Waals surface area contributed by atoms with Crippen LogP contribution in [0.4, 0.5) is 4.39 Å². The van der Waals surface area contributed by atoms with E-state index in [9.17, 15) is 4.39 Å². The molecular weight excluding hydrogens is 265 g/mol. The smallest absolute Gasteiger partial charge is 0.129 e. The van der Waals surface area contributed by atoms with Crippen molar-refractivity contribution >= 4 is 11.6 Å². The summed E-state index contributed by atoms with van der Waals surface area (Å²) >= 11 is 5.77. The first-order valence-corrected chi connectivity index (χ1v) is 6.83. The first kappa shape index (κ1) is 16.4. The Morgan fingerprint density at radius 1 is 1.26 bits per heavy atom. The van der Waals surface area contributed by atoms with Crippen molar-refractivity contribution in [3.05, 3.63) is 34.6 Å². The fourth-order valence-corrected chi connectivity index (χ4v) is 2.27. The van der Waals surface area contributed by atoms with Gasteiger partial charge in [-0.2, -0.15) is 0 Å². The molecule has 0 radical (unpaired) electrons. The quantitative estimate of drug-likeness (QED) is 0.836. The number of halogens is 2. The highest BCUT2D eigenvalue weighted by molar-refractivity contribution is 6.30. The SMILES string of the molecule is CN(C)CCCN(C)C(CN)c1ccc(Cl)cc1F. The Bertz CT molecular complexity index is 398. The highest BCUT2D eigenvalue weighted by Crippen LogP contribution is 2.24. The van der Waals surface area contributed by atoms with Crippen molar-refractivity contribution in [2.24, 2.45) is 5.73 Å². The summed E-state index contributed by atoms with van der Waals surface area (Å²) in [5, 5.41) is 0.410. The van der Waals surface area contributed by atoms with Crippen molar-refractivity contribution in [3.63, 3.8) is 0 Å². The molecule has 108 valence electrons. The standard InChI is InChI=1S/C14H23ClFN3/c1-18(2)7-4-8-19(3)14(10-17)12-6-5-11(15)9-13(12)16/h5-6,9,14H,4,7-8,10,17H2,1-3H3. The Morgan fingerprint density at radius 3 is 2.47 bits per heavy atom. The second kappa shape index (κ2) is 7.80. The molecule has 5 heteroatoms. The Morgan fingerprint density at radius 2 is 1.95 bits per heavy atom. The Labute approximate surface area is 120 Å². The monoisotopic (exact) mass is 287 g/mol. The van der Waals surface area contributed by atoms with Crippen LogP contribution in [0.3, 0.4) is 0 Å². The van der Waals surface area contributed by atoms with Gasteiger partial charge in [0.05, 0.1) is 0 Å². The molecule has 1 aromatic rings. The lowest BCUT2D eigenvalue weighted by atomic mass is 10.0.